The topological polar surface area (TPSA) is 125 Å². The smallest absolute Gasteiger partial charge is 0.291 e. The Balaban J connectivity index is 1.09. The van der Waals surface area contributed by atoms with Gasteiger partial charge in [-0.1, -0.05) is 11.6 Å². The molecule has 0 unspecified atom stereocenters. The second-order valence-corrected chi connectivity index (χ2v) is 11.0. The lowest BCUT2D eigenvalue weighted by Gasteiger charge is -2.38. The number of nitrogens with zero attached hydrogens (tertiary/aromatic N) is 5. The van der Waals surface area contributed by atoms with Crippen LogP contribution in [-0.2, 0) is 6.54 Å². The quantitative estimate of drug-likeness (QED) is 0.370. The molecule has 40 heavy (non-hydrogen) atoms. The molecule has 1 aliphatic carbocycles. The summed E-state index contributed by atoms with van der Waals surface area (Å²) in [4.78, 5) is 36.6. The third kappa shape index (κ3) is 4.37. The van der Waals surface area contributed by atoms with E-state index in [0.717, 1.165) is 12.8 Å². The van der Waals surface area contributed by atoms with Gasteiger partial charge in [-0.25, -0.2) is 9.97 Å². The number of fused-ring (bicyclic) bond motifs is 2. The van der Waals surface area contributed by atoms with Crippen molar-refractivity contribution in [3.63, 3.8) is 0 Å². The van der Waals surface area contributed by atoms with E-state index < -0.39 is 11.2 Å². The number of aromatic nitrogens is 4. The van der Waals surface area contributed by atoms with Crippen LogP contribution in [0.1, 0.15) is 48.0 Å². The van der Waals surface area contributed by atoms with Crippen LogP contribution in [0.15, 0.2) is 46.0 Å². The van der Waals surface area contributed by atoms with Gasteiger partial charge >= 0.3 is 0 Å². The Bertz CT molecular complexity index is 1720. The number of carbonyl (C=O) groups excluding carboxylic acids is 1. The van der Waals surface area contributed by atoms with Crippen molar-refractivity contribution in [3.05, 3.63) is 63.9 Å². The van der Waals surface area contributed by atoms with Crippen molar-refractivity contribution in [2.24, 2.45) is 0 Å². The molecule has 2 fully saturated rings. The van der Waals surface area contributed by atoms with Crippen LogP contribution < -0.4 is 15.0 Å². The number of ether oxygens (including phenoxy) is 2. The number of aliphatic hydroxyl groups is 1. The Morgan fingerprint density at radius 3 is 2.62 bits per heavy atom. The molecule has 3 aromatic heterocycles. The zero-order valence-electron chi connectivity index (χ0n) is 21.2. The third-order valence-corrected chi connectivity index (χ3v) is 7.85. The summed E-state index contributed by atoms with van der Waals surface area (Å²) in [6, 6.07) is 6.52. The van der Waals surface area contributed by atoms with E-state index in [1.165, 1.54) is 23.2 Å². The van der Waals surface area contributed by atoms with Gasteiger partial charge in [-0.3, -0.25) is 18.7 Å². The van der Waals surface area contributed by atoms with E-state index in [1.54, 1.807) is 27.7 Å². The van der Waals surface area contributed by atoms with E-state index in [1.807, 2.05) is 0 Å². The number of carbonyl (C=O) groups is 1. The lowest BCUT2D eigenvalue weighted by Crippen LogP contribution is -2.49. The average molecular weight is 558 g/mol. The van der Waals surface area contributed by atoms with Gasteiger partial charge in [0.1, 0.15) is 11.5 Å². The summed E-state index contributed by atoms with van der Waals surface area (Å²) >= 11 is 6.53. The van der Waals surface area contributed by atoms with Gasteiger partial charge in [-0.15, -0.1) is 0 Å². The van der Waals surface area contributed by atoms with E-state index >= 15 is 0 Å². The monoisotopic (exact) mass is 557 g/mol. The highest BCUT2D eigenvalue weighted by atomic mass is 35.5. The molecule has 1 saturated heterocycles. The highest BCUT2D eigenvalue weighted by Crippen LogP contribution is 2.40. The van der Waals surface area contributed by atoms with Crippen molar-refractivity contribution in [1.29, 1.82) is 0 Å². The van der Waals surface area contributed by atoms with Crippen LogP contribution in [0.25, 0.3) is 16.7 Å². The highest BCUT2D eigenvalue weighted by Gasteiger charge is 2.37. The standard InChI is InChI=1S/C26H22B2ClN5O6/c27-26(28)39-17-4-3-15(9-18(17)40-26)34-20(29)10-16-21(34)31-13-33(23(16)35)12-25(37)5-7-32(8-6-25)24(36)19-11-30-22(38-19)14-1-2-14/h3-4,9-11,13-14,37H,1-2,5-8,12H2. The molecule has 7 rings (SSSR count). The number of benzene rings is 1. The molecule has 0 bridgehead atoms. The maximum atomic E-state index is 13.4. The van der Waals surface area contributed by atoms with Gasteiger partial charge in [-0.2, -0.15) is 0 Å². The van der Waals surface area contributed by atoms with Crippen LogP contribution in [0.3, 0.4) is 0 Å². The number of hydrogen-bond acceptors (Lipinski definition) is 8. The molecule has 5 heterocycles. The van der Waals surface area contributed by atoms with Gasteiger partial charge in [0.05, 0.1) is 29.4 Å². The number of oxazole rings is 1. The second kappa shape index (κ2) is 8.90. The fraction of sp³-hybridized carbons (Fsp3) is 0.385. The fourth-order valence-corrected chi connectivity index (χ4v) is 5.56. The van der Waals surface area contributed by atoms with E-state index in [0.29, 0.717) is 47.7 Å². The number of likely N-dealkylation sites (tertiary alicyclic amines) is 1. The van der Waals surface area contributed by atoms with Crippen LogP contribution in [-0.4, -0.2) is 75.0 Å². The van der Waals surface area contributed by atoms with Gasteiger partial charge in [0.2, 0.25) is 5.76 Å². The Morgan fingerprint density at radius 2 is 1.88 bits per heavy atom. The fourth-order valence-electron chi connectivity index (χ4n) is 5.27. The lowest BCUT2D eigenvalue weighted by molar-refractivity contribution is -0.0304. The van der Waals surface area contributed by atoms with E-state index in [2.05, 4.69) is 9.97 Å². The number of halogens is 1. The molecule has 4 aromatic rings. The van der Waals surface area contributed by atoms with Gasteiger partial charge < -0.3 is 23.9 Å². The summed E-state index contributed by atoms with van der Waals surface area (Å²) in [6.45, 7) is 0.656. The van der Waals surface area contributed by atoms with E-state index in [4.69, 9.17) is 41.2 Å². The molecule has 1 aromatic carbocycles. The van der Waals surface area contributed by atoms with Crippen molar-refractivity contribution in [2.45, 2.75) is 49.3 Å². The number of piperidine rings is 1. The molecule has 1 saturated carbocycles. The second-order valence-electron chi connectivity index (χ2n) is 10.6. The predicted molar refractivity (Wildman–Crippen MR) is 144 cm³/mol. The Labute approximate surface area is 235 Å². The molecular weight excluding hydrogens is 535 g/mol. The molecule has 0 spiro atoms. The van der Waals surface area contributed by atoms with Crippen molar-refractivity contribution >= 4 is 44.2 Å². The average Bonchev–Trinajstić information content (AvgIpc) is 3.40. The molecule has 3 aliphatic rings. The highest BCUT2D eigenvalue weighted by molar-refractivity contribution is 6.38. The normalized spacial score (nSPS) is 19.3. The minimum Gasteiger partial charge on any atom is -0.468 e. The maximum Gasteiger partial charge on any atom is 0.291 e. The zero-order chi connectivity index (χ0) is 27.8. The van der Waals surface area contributed by atoms with Crippen molar-refractivity contribution < 1.29 is 23.8 Å². The van der Waals surface area contributed by atoms with Crippen LogP contribution in [0.5, 0.6) is 11.5 Å². The molecule has 2 aliphatic heterocycles. The summed E-state index contributed by atoms with van der Waals surface area (Å²) < 4.78 is 19.3. The van der Waals surface area contributed by atoms with Crippen molar-refractivity contribution in [1.82, 2.24) is 24.0 Å². The van der Waals surface area contributed by atoms with Crippen molar-refractivity contribution in [2.75, 3.05) is 13.1 Å². The lowest BCUT2D eigenvalue weighted by atomic mass is 9.76. The van der Waals surface area contributed by atoms with E-state index in [9.17, 15) is 14.7 Å². The molecule has 200 valence electrons. The SMILES string of the molecule is [B]C1([B])Oc2ccc(-n3c(Cl)cc4c(=O)n(CC5(O)CCN(C(=O)c6cnc(C7CC7)o6)CC5)cnc43)cc2O1. The summed E-state index contributed by atoms with van der Waals surface area (Å²) in [5.41, 5.74) is -2.42. The van der Waals surface area contributed by atoms with Crippen molar-refractivity contribution in [3.8, 4) is 17.2 Å². The summed E-state index contributed by atoms with van der Waals surface area (Å²) in [7, 11) is 11.4. The van der Waals surface area contributed by atoms with Gasteiger partial charge in [0.15, 0.2) is 44.3 Å². The summed E-state index contributed by atoms with van der Waals surface area (Å²) in [5.74, 6) is 1.60. The number of amides is 1. The maximum absolute atomic E-state index is 13.4. The Morgan fingerprint density at radius 1 is 1.12 bits per heavy atom. The summed E-state index contributed by atoms with van der Waals surface area (Å²) in [6.07, 6.45) is 5.50. The molecular formula is C26H22B2ClN5O6. The number of hydrogen-bond donors (Lipinski definition) is 1. The number of rotatable bonds is 5. The van der Waals surface area contributed by atoms with Gasteiger partial charge in [0, 0.05) is 25.1 Å². The van der Waals surface area contributed by atoms with Crippen LogP contribution >= 0.6 is 11.6 Å². The molecule has 11 nitrogen and oxygen atoms in total. The molecule has 1 N–H and O–H groups in total. The zero-order valence-corrected chi connectivity index (χ0v) is 22.0. The first-order valence-electron chi connectivity index (χ1n) is 12.9. The first kappa shape index (κ1) is 25.3. The Hall–Kier alpha value is -3.70. The predicted octanol–water partition coefficient (Wildman–Crippen LogP) is 2.09. The molecule has 1 amide bonds. The minimum atomic E-state index is -1.77. The Kier molecular flexibility index (Phi) is 5.63. The van der Waals surface area contributed by atoms with Crippen LogP contribution in [0.4, 0.5) is 0 Å². The first-order chi connectivity index (χ1) is 19.1. The van der Waals surface area contributed by atoms with Crippen LogP contribution in [0, 0.1) is 0 Å². The van der Waals surface area contributed by atoms with E-state index in [-0.39, 0.29) is 47.2 Å². The van der Waals surface area contributed by atoms with Gasteiger partial charge in [0.25, 0.3) is 11.5 Å². The first-order valence-corrected chi connectivity index (χ1v) is 13.3. The molecule has 4 radical (unpaired) electrons. The largest absolute Gasteiger partial charge is 0.468 e. The minimum absolute atomic E-state index is 0.0207. The third-order valence-electron chi connectivity index (χ3n) is 7.57. The molecule has 14 heteroatoms. The van der Waals surface area contributed by atoms with Crippen LogP contribution in [0.2, 0.25) is 5.15 Å². The van der Waals surface area contributed by atoms with Gasteiger partial charge in [-0.05, 0) is 43.9 Å². The summed E-state index contributed by atoms with van der Waals surface area (Å²) in [5, 5.41) is 11.8. The molecule has 0 atom stereocenters.